The third-order valence-corrected chi connectivity index (χ3v) is 13.8. The SMILES string of the molecule is [B]S1(C2CCC(I)C2)CCCCCCCCCC1(C)I. The molecule has 116 valence electrons. The van der Waals surface area contributed by atoms with E-state index in [0.717, 1.165) is 9.17 Å². The van der Waals surface area contributed by atoms with E-state index >= 15 is 0 Å². The van der Waals surface area contributed by atoms with Gasteiger partial charge in [-0.3, -0.25) is 9.88 Å². The first-order valence-corrected chi connectivity index (χ1v) is 12.6. The Morgan fingerprint density at radius 1 is 1.00 bits per heavy atom. The van der Waals surface area contributed by atoms with Crippen LogP contribution in [0.1, 0.15) is 77.6 Å². The molecular weight excluding hydrogens is 489 g/mol. The average molecular weight is 518 g/mol. The smallest absolute Gasteiger partial charge is 0.139 e. The van der Waals surface area contributed by atoms with Crippen LogP contribution in [0.15, 0.2) is 0 Å². The Morgan fingerprint density at radius 2 is 1.60 bits per heavy atom. The summed E-state index contributed by atoms with van der Waals surface area (Å²) in [5.74, 6) is 1.33. The van der Waals surface area contributed by atoms with Gasteiger partial charge >= 0.3 is 0 Å². The molecule has 0 aromatic rings. The van der Waals surface area contributed by atoms with Crippen molar-refractivity contribution in [3.05, 3.63) is 0 Å². The van der Waals surface area contributed by atoms with Gasteiger partial charge < -0.3 is 0 Å². The molecule has 2 radical (unpaired) electrons. The molecule has 0 bridgehead atoms. The summed E-state index contributed by atoms with van der Waals surface area (Å²) in [7, 11) is 6.25. The summed E-state index contributed by atoms with van der Waals surface area (Å²) in [4.78, 5) is 0. The molecule has 2 aliphatic rings. The molecule has 0 nitrogen and oxygen atoms in total. The quantitative estimate of drug-likeness (QED) is 0.211. The summed E-state index contributed by atoms with van der Waals surface area (Å²) in [6.07, 6.45) is 15.5. The Bertz CT molecular complexity index is 311. The van der Waals surface area contributed by atoms with Gasteiger partial charge in [-0.05, 0) is 50.0 Å². The van der Waals surface area contributed by atoms with Gasteiger partial charge in [0.1, 0.15) is 7.12 Å². The molecule has 2 rings (SSSR count). The second kappa shape index (κ2) is 8.12. The number of alkyl halides is 2. The molecule has 1 saturated heterocycles. The summed E-state index contributed by atoms with van der Waals surface area (Å²) >= 11 is 5.42. The van der Waals surface area contributed by atoms with Crippen molar-refractivity contribution in [1.82, 2.24) is 0 Å². The molecule has 0 aromatic carbocycles. The standard InChI is InChI=1S/C16H29BI2S/c1-16(19)11-7-5-3-2-4-6-8-12-20(16,17)15-10-9-14(18)13-15/h14-15H,2-13H2,1H3. The van der Waals surface area contributed by atoms with Crippen molar-refractivity contribution in [2.24, 2.45) is 0 Å². The maximum atomic E-state index is 7.22. The van der Waals surface area contributed by atoms with Crippen LogP contribution in [0.25, 0.3) is 0 Å². The van der Waals surface area contributed by atoms with E-state index in [-0.39, 0.29) is 0 Å². The molecule has 0 N–H and O–H groups in total. The van der Waals surface area contributed by atoms with Gasteiger partial charge in [0.25, 0.3) is 0 Å². The number of halogens is 2. The number of hydrogen-bond acceptors (Lipinski definition) is 0. The highest BCUT2D eigenvalue weighted by Crippen LogP contribution is 2.68. The summed E-state index contributed by atoms with van der Waals surface area (Å²) < 4.78 is 1.25. The molecule has 0 spiro atoms. The van der Waals surface area contributed by atoms with Gasteiger partial charge in [0, 0.05) is 6.68 Å². The minimum absolute atomic E-state index is 0.362. The highest BCUT2D eigenvalue weighted by molar-refractivity contribution is 14.1. The van der Waals surface area contributed by atoms with Gasteiger partial charge in [-0.1, -0.05) is 83.7 Å². The van der Waals surface area contributed by atoms with Crippen LogP contribution in [-0.2, 0) is 0 Å². The molecule has 1 aliphatic carbocycles. The van der Waals surface area contributed by atoms with Gasteiger partial charge in [0.15, 0.2) is 0 Å². The first-order chi connectivity index (χ1) is 9.46. The number of hydrogen-bond donors (Lipinski definition) is 0. The summed E-state index contributed by atoms with van der Waals surface area (Å²) in [5.41, 5.74) is 0. The second-order valence-electron chi connectivity index (χ2n) is 6.91. The summed E-state index contributed by atoms with van der Waals surface area (Å²) in [5, 5.41) is 0.840. The maximum absolute atomic E-state index is 7.22. The van der Waals surface area contributed by atoms with Gasteiger partial charge in [0.05, 0.1) is 0 Å². The third-order valence-electron chi connectivity index (χ3n) is 5.31. The van der Waals surface area contributed by atoms with Gasteiger partial charge in [-0.25, -0.2) is 0 Å². The second-order valence-corrected chi connectivity index (χ2v) is 15.5. The lowest BCUT2D eigenvalue weighted by atomic mass is 10.1. The average Bonchev–Trinajstić information content (AvgIpc) is 2.81. The first kappa shape index (κ1) is 18.2. The van der Waals surface area contributed by atoms with Crippen LogP contribution in [0.5, 0.6) is 0 Å². The van der Waals surface area contributed by atoms with Crippen molar-refractivity contribution in [3.63, 3.8) is 0 Å². The van der Waals surface area contributed by atoms with Crippen molar-refractivity contribution in [3.8, 4) is 0 Å². The molecule has 0 aromatic heterocycles. The van der Waals surface area contributed by atoms with Crippen LogP contribution in [0.3, 0.4) is 0 Å². The van der Waals surface area contributed by atoms with E-state index in [4.69, 9.17) is 7.12 Å². The van der Waals surface area contributed by atoms with Crippen LogP contribution in [0, 0.1) is 0 Å². The molecule has 4 atom stereocenters. The molecule has 0 amide bonds. The molecule has 4 unspecified atom stereocenters. The fraction of sp³-hybridized carbons (Fsp3) is 1.00. The van der Waals surface area contributed by atoms with Crippen LogP contribution >= 0.6 is 55.1 Å². The molecule has 20 heavy (non-hydrogen) atoms. The first-order valence-electron chi connectivity index (χ1n) is 8.36. The minimum Gasteiger partial charge on any atom is -0.267 e. The fourth-order valence-corrected chi connectivity index (χ4v) is 11.1. The summed E-state index contributed by atoms with van der Waals surface area (Å²) in [6.45, 7) is 2.49. The van der Waals surface area contributed by atoms with E-state index in [2.05, 4.69) is 52.1 Å². The Balaban J connectivity index is 2.13. The van der Waals surface area contributed by atoms with Crippen molar-refractivity contribution < 1.29 is 0 Å². The lowest BCUT2D eigenvalue weighted by Gasteiger charge is -2.54. The van der Waals surface area contributed by atoms with Crippen LogP contribution in [0.4, 0.5) is 0 Å². The molecule has 1 heterocycles. The molecular formula is C16H29BI2S. The normalized spacial score (nSPS) is 48.1. The highest BCUT2D eigenvalue weighted by Gasteiger charge is 2.44. The van der Waals surface area contributed by atoms with Gasteiger partial charge in [-0.2, -0.15) is 0 Å². The molecule has 2 fully saturated rings. The maximum Gasteiger partial charge on any atom is 0.139 e. The van der Waals surface area contributed by atoms with E-state index < -0.39 is 9.88 Å². The fourth-order valence-electron chi connectivity index (χ4n) is 3.85. The van der Waals surface area contributed by atoms with Crippen molar-refractivity contribution in [2.45, 2.75) is 89.5 Å². The molecule has 1 aliphatic heterocycles. The van der Waals surface area contributed by atoms with Gasteiger partial charge in [0.2, 0.25) is 0 Å². The Kier molecular flexibility index (Phi) is 7.39. The van der Waals surface area contributed by atoms with Crippen molar-refractivity contribution >= 4 is 62.2 Å². The Labute approximate surface area is 156 Å². The van der Waals surface area contributed by atoms with Crippen LogP contribution < -0.4 is 0 Å². The van der Waals surface area contributed by atoms with E-state index in [9.17, 15) is 0 Å². The lowest BCUT2D eigenvalue weighted by molar-refractivity contribution is 0.578. The largest absolute Gasteiger partial charge is 0.267 e. The predicted molar refractivity (Wildman–Crippen MR) is 113 cm³/mol. The molecule has 1 saturated carbocycles. The summed E-state index contributed by atoms with van der Waals surface area (Å²) in [6, 6.07) is 0. The van der Waals surface area contributed by atoms with E-state index in [1.807, 2.05) is 0 Å². The zero-order valence-corrected chi connectivity index (χ0v) is 18.0. The zero-order valence-electron chi connectivity index (χ0n) is 12.9. The van der Waals surface area contributed by atoms with E-state index in [1.165, 1.54) is 76.4 Å². The van der Waals surface area contributed by atoms with Crippen molar-refractivity contribution in [1.29, 1.82) is 0 Å². The third kappa shape index (κ3) is 4.45. The van der Waals surface area contributed by atoms with Gasteiger partial charge in [-0.15, -0.1) is 0 Å². The monoisotopic (exact) mass is 518 g/mol. The Morgan fingerprint density at radius 3 is 2.20 bits per heavy atom. The highest BCUT2D eigenvalue weighted by atomic mass is 127. The topological polar surface area (TPSA) is 0 Å². The van der Waals surface area contributed by atoms with Crippen LogP contribution in [-0.4, -0.2) is 24.8 Å². The molecule has 4 heteroatoms. The number of rotatable bonds is 1. The predicted octanol–water partition coefficient (Wildman–Crippen LogP) is 6.52. The zero-order chi connectivity index (χ0) is 14.6. The van der Waals surface area contributed by atoms with E-state index in [1.54, 1.807) is 0 Å². The lowest BCUT2D eigenvalue weighted by Crippen LogP contribution is -2.35. The van der Waals surface area contributed by atoms with E-state index in [0.29, 0.717) is 2.75 Å². The Hall–Kier alpha value is 1.87. The van der Waals surface area contributed by atoms with Crippen molar-refractivity contribution in [2.75, 3.05) is 5.75 Å². The van der Waals surface area contributed by atoms with Crippen LogP contribution in [0.2, 0.25) is 0 Å². The minimum atomic E-state index is -0.963.